The number of methoxy groups -OCH3 is 2. The molecule has 0 aliphatic carbocycles. The molecule has 8 heteroatoms. The molecular formula is C29H28N4O4. The maximum absolute atomic E-state index is 13.3. The second kappa shape index (κ2) is 10.6. The first kappa shape index (κ1) is 24.1. The van der Waals surface area contributed by atoms with Crippen molar-refractivity contribution in [2.24, 2.45) is 0 Å². The molecule has 0 spiro atoms. The molecule has 0 radical (unpaired) electrons. The lowest BCUT2D eigenvalue weighted by Crippen LogP contribution is -2.36. The Morgan fingerprint density at radius 3 is 2.54 bits per heavy atom. The number of aromatic nitrogens is 2. The van der Waals surface area contributed by atoms with Crippen LogP contribution in [0.25, 0.3) is 11.3 Å². The van der Waals surface area contributed by atoms with Gasteiger partial charge in [0.2, 0.25) is 0 Å². The summed E-state index contributed by atoms with van der Waals surface area (Å²) in [6.45, 7) is 1.42. The van der Waals surface area contributed by atoms with Crippen molar-refractivity contribution in [2.45, 2.75) is 12.5 Å². The Balaban J connectivity index is 1.33. The molecule has 0 saturated carbocycles. The van der Waals surface area contributed by atoms with Crippen LogP contribution in [0.3, 0.4) is 0 Å². The molecule has 37 heavy (non-hydrogen) atoms. The molecule has 2 amide bonds. The van der Waals surface area contributed by atoms with Crippen molar-refractivity contribution < 1.29 is 19.1 Å². The Bertz CT molecular complexity index is 1420. The van der Waals surface area contributed by atoms with Gasteiger partial charge in [0.25, 0.3) is 11.8 Å². The number of hydrogen-bond donors (Lipinski definition) is 2. The van der Waals surface area contributed by atoms with Crippen LogP contribution in [0.1, 0.15) is 37.8 Å². The van der Waals surface area contributed by atoms with E-state index in [9.17, 15) is 9.59 Å². The van der Waals surface area contributed by atoms with Crippen LogP contribution in [0.15, 0.2) is 79.0 Å². The Morgan fingerprint density at radius 1 is 1.03 bits per heavy atom. The molecule has 1 aliphatic rings. The maximum Gasteiger partial charge on any atom is 0.255 e. The van der Waals surface area contributed by atoms with Crippen LogP contribution in [-0.2, 0) is 6.54 Å². The highest BCUT2D eigenvalue weighted by molar-refractivity contribution is 6.00. The number of aromatic amines is 1. The smallest absolute Gasteiger partial charge is 0.255 e. The summed E-state index contributed by atoms with van der Waals surface area (Å²) >= 11 is 0. The molecule has 1 aromatic heterocycles. The summed E-state index contributed by atoms with van der Waals surface area (Å²) in [7, 11) is 3.14. The van der Waals surface area contributed by atoms with E-state index < -0.39 is 0 Å². The van der Waals surface area contributed by atoms with Crippen molar-refractivity contribution in [3.8, 4) is 22.8 Å². The van der Waals surface area contributed by atoms with Gasteiger partial charge in [-0.3, -0.25) is 14.7 Å². The number of nitrogens with zero attached hydrogens (tertiary/aromatic N) is 2. The van der Waals surface area contributed by atoms with Crippen LogP contribution in [-0.4, -0.2) is 54.2 Å². The van der Waals surface area contributed by atoms with Crippen LogP contribution in [0.5, 0.6) is 11.5 Å². The summed E-state index contributed by atoms with van der Waals surface area (Å²) in [5.74, 6) is 0.839. The fraction of sp³-hybridized carbons (Fsp3) is 0.207. The van der Waals surface area contributed by atoms with Gasteiger partial charge in [-0.05, 0) is 35.4 Å². The summed E-state index contributed by atoms with van der Waals surface area (Å²) in [6, 6.07) is 23.1. The third-order valence-corrected chi connectivity index (χ3v) is 6.67. The van der Waals surface area contributed by atoms with Crippen LogP contribution in [0, 0.1) is 0 Å². The summed E-state index contributed by atoms with van der Waals surface area (Å²) in [4.78, 5) is 28.1. The molecule has 4 aromatic rings. The van der Waals surface area contributed by atoms with Crippen LogP contribution >= 0.6 is 0 Å². The van der Waals surface area contributed by atoms with Gasteiger partial charge in [-0.25, -0.2) is 0 Å². The second-order valence-electron chi connectivity index (χ2n) is 8.89. The molecule has 1 atom stereocenters. The third-order valence-electron chi connectivity index (χ3n) is 6.67. The monoisotopic (exact) mass is 496 g/mol. The molecular weight excluding hydrogens is 468 g/mol. The highest BCUT2D eigenvalue weighted by Gasteiger charge is 2.29. The quantitative estimate of drug-likeness (QED) is 0.361. The zero-order valence-electron chi connectivity index (χ0n) is 20.7. The predicted octanol–water partition coefficient (Wildman–Crippen LogP) is 4.26. The van der Waals surface area contributed by atoms with E-state index in [1.54, 1.807) is 26.4 Å². The van der Waals surface area contributed by atoms with Gasteiger partial charge in [-0.2, -0.15) is 5.10 Å². The van der Waals surface area contributed by atoms with Gasteiger partial charge >= 0.3 is 0 Å². The van der Waals surface area contributed by atoms with Crippen molar-refractivity contribution in [2.75, 3.05) is 27.3 Å². The highest BCUT2D eigenvalue weighted by atomic mass is 16.5. The van der Waals surface area contributed by atoms with E-state index in [-0.39, 0.29) is 17.7 Å². The number of fused-ring (bicyclic) bond motifs is 1. The van der Waals surface area contributed by atoms with Gasteiger partial charge in [-0.1, -0.05) is 48.5 Å². The van der Waals surface area contributed by atoms with Crippen molar-refractivity contribution in [3.05, 3.63) is 101 Å². The van der Waals surface area contributed by atoms with Crippen LogP contribution < -0.4 is 14.8 Å². The van der Waals surface area contributed by atoms with Crippen molar-refractivity contribution in [3.63, 3.8) is 0 Å². The zero-order chi connectivity index (χ0) is 25.8. The Morgan fingerprint density at radius 2 is 1.78 bits per heavy atom. The number of carbonyl (C=O) groups excluding carboxylic acids is 2. The average Bonchev–Trinajstić information content (AvgIpc) is 3.56. The van der Waals surface area contributed by atoms with Crippen molar-refractivity contribution in [1.82, 2.24) is 20.4 Å². The molecule has 0 saturated heterocycles. The highest BCUT2D eigenvalue weighted by Crippen LogP contribution is 2.33. The first-order chi connectivity index (χ1) is 18.1. The van der Waals surface area contributed by atoms with E-state index in [0.29, 0.717) is 42.4 Å². The summed E-state index contributed by atoms with van der Waals surface area (Å²) in [5, 5.41) is 10.1. The lowest BCUT2D eigenvalue weighted by Gasteiger charge is -2.24. The Hall–Kier alpha value is -4.59. The predicted molar refractivity (Wildman–Crippen MR) is 140 cm³/mol. The molecule has 5 rings (SSSR count). The average molecular weight is 497 g/mol. The molecule has 2 N–H and O–H groups in total. The van der Waals surface area contributed by atoms with Crippen LogP contribution in [0.2, 0.25) is 0 Å². The number of benzene rings is 3. The summed E-state index contributed by atoms with van der Waals surface area (Å²) in [6.07, 6.45) is 1.51. The molecule has 0 bridgehead atoms. The van der Waals surface area contributed by atoms with Gasteiger partial charge in [0.1, 0.15) is 0 Å². The van der Waals surface area contributed by atoms with Gasteiger partial charge in [0, 0.05) is 36.7 Å². The molecule has 8 nitrogen and oxygen atoms in total. The molecule has 0 fully saturated rings. The van der Waals surface area contributed by atoms with Gasteiger partial charge in [-0.15, -0.1) is 0 Å². The van der Waals surface area contributed by atoms with Crippen molar-refractivity contribution >= 4 is 11.8 Å². The van der Waals surface area contributed by atoms with Gasteiger partial charge in [0.15, 0.2) is 11.5 Å². The number of amides is 2. The summed E-state index contributed by atoms with van der Waals surface area (Å²) < 4.78 is 10.7. The topological polar surface area (TPSA) is 96.5 Å². The van der Waals surface area contributed by atoms with E-state index >= 15 is 0 Å². The standard InChI is InChI=1S/C29H28N4O4/c1-36-25-13-12-20(14-26(25)37-2)27-24(16-31-32-27)28(34)30-15-22(19-8-4-3-5-9-19)18-33-17-21-10-6-7-11-23(21)29(33)35/h3-14,16,22H,15,17-18H2,1-2H3,(H,30,34)(H,31,32)/t22-/m0/s1. The minimum Gasteiger partial charge on any atom is -0.493 e. The SMILES string of the molecule is COc1ccc(-c2[nH]ncc2C(=O)NC[C@@H](CN2Cc3ccccc3C2=O)c2ccccc2)cc1OC. The molecule has 1 aliphatic heterocycles. The minimum atomic E-state index is -0.254. The first-order valence-corrected chi connectivity index (χ1v) is 12.0. The second-order valence-corrected chi connectivity index (χ2v) is 8.89. The maximum atomic E-state index is 13.3. The number of ether oxygens (including phenoxy) is 2. The van der Waals surface area contributed by atoms with E-state index in [2.05, 4.69) is 15.5 Å². The fourth-order valence-electron chi connectivity index (χ4n) is 4.72. The number of hydrogen-bond acceptors (Lipinski definition) is 5. The lowest BCUT2D eigenvalue weighted by molar-refractivity contribution is 0.0767. The zero-order valence-corrected chi connectivity index (χ0v) is 20.7. The molecule has 3 aromatic carbocycles. The first-order valence-electron chi connectivity index (χ1n) is 12.0. The van der Waals surface area contributed by atoms with Crippen LogP contribution in [0.4, 0.5) is 0 Å². The van der Waals surface area contributed by atoms with E-state index in [1.807, 2.05) is 65.6 Å². The number of rotatable bonds is 9. The largest absolute Gasteiger partial charge is 0.493 e. The Labute approximate surface area is 215 Å². The van der Waals surface area contributed by atoms with E-state index in [0.717, 1.165) is 22.3 Å². The Kier molecular flexibility index (Phi) is 6.89. The summed E-state index contributed by atoms with van der Waals surface area (Å²) in [5.41, 5.74) is 4.58. The van der Waals surface area contributed by atoms with Gasteiger partial charge in [0.05, 0.1) is 31.7 Å². The minimum absolute atomic E-state index is 0.0217. The third kappa shape index (κ3) is 4.91. The molecule has 0 unspecified atom stereocenters. The fourth-order valence-corrected chi connectivity index (χ4v) is 4.72. The number of H-pyrrole nitrogens is 1. The molecule has 2 heterocycles. The number of carbonyl (C=O) groups is 2. The normalized spacial score (nSPS) is 13.2. The lowest BCUT2D eigenvalue weighted by atomic mass is 9.98. The van der Waals surface area contributed by atoms with E-state index in [1.165, 1.54) is 6.20 Å². The van der Waals surface area contributed by atoms with Crippen molar-refractivity contribution in [1.29, 1.82) is 0 Å². The molecule has 188 valence electrons. The number of nitrogens with one attached hydrogen (secondary N) is 2. The van der Waals surface area contributed by atoms with E-state index in [4.69, 9.17) is 9.47 Å². The van der Waals surface area contributed by atoms with Gasteiger partial charge < -0.3 is 19.7 Å².